The third-order valence-electron chi connectivity index (χ3n) is 2.21. The SMILES string of the molecule is COC(=O)c1cc2c(F)cc(Br)cc2c(Cl)n1. The molecule has 17 heavy (non-hydrogen) atoms. The molecule has 1 aromatic carbocycles. The van der Waals surface area contributed by atoms with E-state index in [4.69, 9.17) is 11.6 Å². The van der Waals surface area contributed by atoms with Crippen LogP contribution in [-0.4, -0.2) is 18.1 Å². The number of carbonyl (C=O) groups is 1. The standard InChI is InChI=1S/C11H6BrClFNO2/c1-17-11(16)9-4-6-7(10(13)15-9)2-5(12)3-8(6)14/h2-4H,1H3. The summed E-state index contributed by atoms with van der Waals surface area (Å²) < 4.78 is 18.8. The first-order valence-corrected chi connectivity index (χ1v) is 5.73. The second kappa shape index (κ2) is 4.58. The van der Waals surface area contributed by atoms with Crippen molar-refractivity contribution < 1.29 is 13.9 Å². The number of benzene rings is 1. The molecule has 2 aromatic rings. The molecule has 0 aliphatic rings. The highest BCUT2D eigenvalue weighted by Gasteiger charge is 2.14. The lowest BCUT2D eigenvalue weighted by molar-refractivity contribution is 0.0594. The van der Waals surface area contributed by atoms with Crippen LogP contribution in [0.2, 0.25) is 5.15 Å². The van der Waals surface area contributed by atoms with Crippen molar-refractivity contribution in [3.8, 4) is 0 Å². The van der Waals surface area contributed by atoms with Crippen LogP contribution in [0.5, 0.6) is 0 Å². The first-order valence-electron chi connectivity index (χ1n) is 4.56. The van der Waals surface area contributed by atoms with E-state index in [1.54, 1.807) is 6.07 Å². The molecular formula is C11H6BrClFNO2. The van der Waals surface area contributed by atoms with Gasteiger partial charge in [0.15, 0.2) is 5.69 Å². The lowest BCUT2D eigenvalue weighted by Gasteiger charge is -2.05. The fourth-order valence-corrected chi connectivity index (χ4v) is 2.12. The normalized spacial score (nSPS) is 10.6. The molecular weight excluding hydrogens is 312 g/mol. The Morgan fingerprint density at radius 2 is 2.12 bits per heavy atom. The van der Waals surface area contributed by atoms with E-state index in [1.165, 1.54) is 19.2 Å². The predicted octanol–water partition coefficient (Wildman–Crippen LogP) is 3.58. The van der Waals surface area contributed by atoms with Crippen LogP contribution in [0.4, 0.5) is 4.39 Å². The molecule has 0 amide bonds. The highest BCUT2D eigenvalue weighted by atomic mass is 79.9. The van der Waals surface area contributed by atoms with Crippen LogP contribution in [0.1, 0.15) is 10.5 Å². The average molecular weight is 319 g/mol. The van der Waals surface area contributed by atoms with Gasteiger partial charge in [-0.15, -0.1) is 0 Å². The number of pyridine rings is 1. The largest absolute Gasteiger partial charge is 0.464 e. The first kappa shape index (κ1) is 12.3. The van der Waals surface area contributed by atoms with Gasteiger partial charge in [0.05, 0.1) is 7.11 Å². The molecule has 88 valence electrons. The van der Waals surface area contributed by atoms with E-state index in [9.17, 15) is 9.18 Å². The average Bonchev–Trinajstić information content (AvgIpc) is 2.29. The van der Waals surface area contributed by atoms with Crippen molar-refractivity contribution in [3.05, 3.63) is 39.3 Å². The molecule has 6 heteroatoms. The number of rotatable bonds is 1. The number of methoxy groups -OCH3 is 1. The van der Waals surface area contributed by atoms with Gasteiger partial charge in [0.25, 0.3) is 0 Å². The maximum Gasteiger partial charge on any atom is 0.356 e. The number of hydrogen-bond donors (Lipinski definition) is 0. The van der Waals surface area contributed by atoms with Crippen LogP contribution in [0.25, 0.3) is 10.8 Å². The van der Waals surface area contributed by atoms with E-state index in [2.05, 4.69) is 25.7 Å². The third kappa shape index (κ3) is 2.25. The summed E-state index contributed by atoms with van der Waals surface area (Å²) in [5, 5.41) is 0.725. The van der Waals surface area contributed by atoms with Crippen molar-refractivity contribution in [1.29, 1.82) is 0 Å². The van der Waals surface area contributed by atoms with Crippen LogP contribution < -0.4 is 0 Å². The Kier molecular flexibility index (Phi) is 3.31. The Balaban J connectivity index is 2.77. The van der Waals surface area contributed by atoms with Crippen molar-refractivity contribution in [2.45, 2.75) is 0 Å². The molecule has 0 unspecified atom stereocenters. The Morgan fingerprint density at radius 1 is 1.41 bits per heavy atom. The van der Waals surface area contributed by atoms with Gasteiger partial charge in [-0.05, 0) is 18.2 Å². The van der Waals surface area contributed by atoms with Gasteiger partial charge in [0.1, 0.15) is 11.0 Å². The number of aromatic nitrogens is 1. The molecule has 0 fully saturated rings. The molecule has 0 saturated heterocycles. The number of fused-ring (bicyclic) bond motifs is 1. The molecule has 0 spiro atoms. The topological polar surface area (TPSA) is 39.2 Å². The van der Waals surface area contributed by atoms with Crippen molar-refractivity contribution >= 4 is 44.3 Å². The summed E-state index contributed by atoms with van der Waals surface area (Å²) in [6.07, 6.45) is 0. The van der Waals surface area contributed by atoms with E-state index in [1.807, 2.05) is 0 Å². The third-order valence-corrected chi connectivity index (χ3v) is 2.96. The lowest BCUT2D eigenvalue weighted by Crippen LogP contribution is -2.04. The van der Waals surface area contributed by atoms with E-state index in [-0.39, 0.29) is 16.2 Å². The summed E-state index contributed by atoms with van der Waals surface area (Å²) in [5.41, 5.74) is -0.0220. The van der Waals surface area contributed by atoms with Gasteiger partial charge in [0, 0.05) is 15.2 Å². The van der Waals surface area contributed by atoms with Crippen molar-refractivity contribution in [3.63, 3.8) is 0 Å². The van der Waals surface area contributed by atoms with Gasteiger partial charge in [-0.1, -0.05) is 27.5 Å². The van der Waals surface area contributed by atoms with Crippen LogP contribution >= 0.6 is 27.5 Å². The highest BCUT2D eigenvalue weighted by Crippen LogP contribution is 2.28. The zero-order chi connectivity index (χ0) is 12.6. The quantitative estimate of drug-likeness (QED) is 0.596. The second-order valence-corrected chi connectivity index (χ2v) is 4.55. The predicted molar refractivity (Wildman–Crippen MR) is 65.8 cm³/mol. The fourth-order valence-electron chi connectivity index (χ4n) is 1.45. The summed E-state index contributed by atoms with van der Waals surface area (Å²) >= 11 is 9.06. The van der Waals surface area contributed by atoms with Crippen LogP contribution in [0, 0.1) is 5.82 Å². The Morgan fingerprint density at radius 3 is 2.76 bits per heavy atom. The van der Waals surface area contributed by atoms with Gasteiger partial charge in [-0.25, -0.2) is 14.2 Å². The zero-order valence-electron chi connectivity index (χ0n) is 8.63. The van der Waals surface area contributed by atoms with Gasteiger partial charge < -0.3 is 4.74 Å². The highest BCUT2D eigenvalue weighted by molar-refractivity contribution is 9.10. The number of esters is 1. The minimum absolute atomic E-state index is 0.0220. The van der Waals surface area contributed by atoms with Gasteiger partial charge in [-0.2, -0.15) is 0 Å². The fraction of sp³-hybridized carbons (Fsp3) is 0.0909. The molecule has 0 radical (unpaired) electrons. The number of halogens is 3. The van der Waals surface area contributed by atoms with Crippen LogP contribution in [0.15, 0.2) is 22.7 Å². The van der Waals surface area contributed by atoms with Crippen molar-refractivity contribution in [2.24, 2.45) is 0 Å². The molecule has 1 heterocycles. The monoisotopic (exact) mass is 317 g/mol. The molecule has 0 N–H and O–H groups in total. The molecule has 1 aromatic heterocycles. The van der Waals surface area contributed by atoms with Crippen molar-refractivity contribution in [2.75, 3.05) is 7.11 Å². The Labute approximate surface area is 110 Å². The molecule has 3 nitrogen and oxygen atoms in total. The molecule has 2 rings (SSSR count). The van der Waals surface area contributed by atoms with Gasteiger partial charge in [-0.3, -0.25) is 0 Å². The summed E-state index contributed by atoms with van der Waals surface area (Å²) in [5.74, 6) is -1.14. The zero-order valence-corrected chi connectivity index (χ0v) is 11.0. The van der Waals surface area contributed by atoms with E-state index < -0.39 is 11.8 Å². The second-order valence-electron chi connectivity index (χ2n) is 3.27. The van der Waals surface area contributed by atoms with Crippen molar-refractivity contribution in [1.82, 2.24) is 4.98 Å². The Hall–Kier alpha value is -1.20. The Bertz CT molecular complexity index is 618. The maximum absolute atomic E-state index is 13.7. The number of hydrogen-bond acceptors (Lipinski definition) is 3. The first-order chi connectivity index (χ1) is 8.02. The number of ether oxygens (including phenoxy) is 1. The van der Waals surface area contributed by atoms with Gasteiger partial charge >= 0.3 is 5.97 Å². The number of carbonyl (C=O) groups excluding carboxylic acids is 1. The summed E-state index contributed by atoms with van der Waals surface area (Å²) in [4.78, 5) is 15.2. The molecule has 0 bridgehead atoms. The van der Waals surface area contributed by atoms with E-state index >= 15 is 0 Å². The molecule has 0 saturated carbocycles. The lowest BCUT2D eigenvalue weighted by atomic mass is 10.1. The van der Waals surface area contributed by atoms with E-state index in [0.29, 0.717) is 9.86 Å². The number of nitrogens with zero attached hydrogens (tertiary/aromatic N) is 1. The maximum atomic E-state index is 13.7. The minimum Gasteiger partial charge on any atom is -0.464 e. The van der Waals surface area contributed by atoms with Crippen LogP contribution in [0.3, 0.4) is 0 Å². The van der Waals surface area contributed by atoms with E-state index in [0.717, 1.165) is 0 Å². The minimum atomic E-state index is -0.656. The molecule has 0 atom stereocenters. The smallest absolute Gasteiger partial charge is 0.356 e. The summed E-state index contributed by atoms with van der Waals surface area (Å²) in [6.45, 7) is 0. The molecule has 0 aliphatic carbocycles. The summed E-state index contributed by atoms with van der Waals surface area (Å²) in [7, 11) is 1.22. The van der Waals surface area contributed by atoms with Crippen LogP contribution in [-0.2, 0) is 4.74 Å². The van der Waals surface area contributed by atoms with Gasteiger partial charge in [0.2, 0.25) is 0 Å². The summed E-state index contributed by atoms with van der Waals surface area (Å²) in [6, 6.07) is 4.24. The molecule has 0 aliphatic heterocycles.